The molecule has 2 rings (SSSR count). The maximum absolute atomic E-state index is 11.3. The van der Waals surface area contributed by atoms with Crippen LogP contribution in [-0.4, -0.2) is 17.5 Å². The summed E-state index contributed by atoms with van der Waals surface area (Å²) in [5, 5.41) is 0.374. The second-order valence-electron chi connectivity index (χ2n) is 4.70. The molecule has 5 nitrogen and oxygen atoms in total. The van der Waals surface area contributed by atoms with Crippen LogP contribution in [0.25, 0.3) is 0 Å². The summed E-state index contributed by atoms with van der Waals surface area (Å²) in [5.74, 6) is -0.467. The number of thiazole rings is 1. The zero-order valence-corrected chi connectivity index (χ0v) is 12.8. The Balaban J connectivity index is 2.19. The molecule has 0 saturated carbocycles. The average molecular weight is 305 g/mol. The molecule has 6 heteroatoms. The normalized spacial score (nSPS) is 10.6. The predicted molar refractivity (Wildman–Crippen MR) is 84.5 cm³/mol. The van der Waals surface area contributed by atoms with Crippen LogP contribution in [-0.2, 0) is 17.6 Å². The third-order valence-electron chi connectivity index (χ3n) is 2.96. The molecular weight excluding hydrogens is 286 g/mol. The lowest BCUT2D eigenvalue weighted by Gasteiger charge is -2.02. The number of nitrogen functional groups attached to an aromatic ring is 1. The highest BCUT2D eigenvalue weighted by Crippen LogP contribution is 2.28. The topological polar surface area (TPSA) is 91.2 Å². The van der Waals surface area contributed by atoms with Crippen LogP contribution in [0.15, 0.2) is 24.3 Å². The molecule has 0 fully saturated rings. The van der Waals surface area contributed by atoms with Crippen molar-refractivity contribution in [2.75, 3.05) is 12.3 Å². The van der Waals surface area contributed by atoms with E-state index in [4.69, 9.17) is 16.2 Å². The summed E-state index contributed by atoms with van der Waals surface area (Å²) in [6.45, 7) is 1.95. The van der Waals surface area contributed by atoms with Crippen LogP contribution in [0, 0.1) is 0 Å². The second kappa shape index (κ2) is 7.19. The third kappa shape index (κ3) is 4.27. The van der Waals surface area contributed by atoms with Crippen LogP contribution < -0.4 is 16.2 Å². The highest BCUT2D eigenvalue weighted by molar-refractivity contribution is 7.13. The van der Waals surface area contributed by atoms with Crippen LogP contribution in [0.3, 0.4) is 0 Å². The standard InChI is InChI=1S/C15H19N3O2S/c1-2-3-12-13(8-10-4-6-11(17)7-5-10)21-15(18-12)20-14(19)9-16/h4-7H,2-3,8-9,16-17H2,1H3. The fraction of sp³-hybridized carbons (Fsp3) is 0.333. The molecule has 4 N–H and O–H groups in total. The minimum absolute atomic E-state index is 0.143. The van der Waals surface area contributed by atoms with E-state index in [0.717, 1.165) is 41.1 Å². The molecule has 112 valence electrons. The van der Waals surface area contributed by atoms with Gasteiger partial charge in [0.2, 0.25) is 0 Å². The van der Waals surface area contributed by atoms with Crippen LogP contribution >= 0.6 is 11.3 Å². The Morgan fingerprint density at radius 2 is 2.05 bits per heavy atom. The first-order chi connectivity index (χ1) is 10.1. The lowest BCUT2D eigenvalue weighted by Crippen LogP contribution is -2.19. The highest BCUT2D eigenvalue weighted by Gasteiger charge is 2.14. The van der Waals surface area contributed by atoms with Gasteiger partial charge >= 0.3 is 5.97 Å². The van der Waals surface area contributed by atoms with Crippen molar-refractivity contribution in [3.05, 3.63) is 40.4 Å². The highest BCUT2D eigenvalue weighted by atomic mass is 32.1. The summed E-state index contributed by atoms with van der Waals surface area (Å²) in [7, 11) is 0. The van der Waals surface area contributed by atoms with Gasteiger partial charge in [-0.15, -0.1) is 0 Å². The summed E-state index contributed by atoms with van der Waals surface area (Å²) in [6.07, 6.45) is 2.61. The first-order valence-electron chi connectivity index (χ1n) is 6.86. The molecular formula is C15H19N3O2S. The summed E-state index contributed by atoms with van der Waals surface area (Å²) < 4.78 is 5.11. The summed E-state index contributed by atoms with van der Waals surface area (Å²) in [4.78, 5) is 16.8. The van der Waals surface area contributed by atoms with Gasteiger partial charge in [-0.05, 0) is 24.1 Å². The molecule has 0 aliphatic carbocycles. The zero-order valence-electron chi connectivity index (χ0n) is 12.0. The number of aromatic nitrogens is 1. The molecule has 2 aromatic rings. The summed E-state index contributed by atoms with van der Waals surface area (Å²) in [6, 6.07) is 7.75. The van der Waals surface area contributed by atoms with Gasteiger partial charge in [0.05, 0.1) is 12.2 Å². The number of hydrogen-bond donors (Lipinski definition) is 2. The largest absolute Gasteiger partial charge is 0.399 e. The van der Waals surface area contributed by atoms with E-state index in [1.807, 2.05) is 24.3 Å². The van der Waals surface area contributed by atoms with Crippen molar-refractivity contribution in [2.45, 2.75) is 26.2 Å². The molecule has 1 heterocycles. The number of nitrogens with zero attached hydrogens (tertiary/aromatic N) is 1. The van der Waals surface area contributed by atoms with Gasteiger partial charge in [0.1, 0.15) is 0 Å². The molecule has 0 unspecified atom stereocenters. The van der Waals surface area contributed by atoms with Crippen LogP contribution in [0.5, 0.6) is 5.19 Å². The summed E-state index contributed by atoms with van der Waals surface area (Å²) >= 11 is 1.40. The number of nitrogens with two attached hydrogens (primary N) is 2. The molecule has 0 radical (unpaired) electrons. The molecule has 0 bridgehead atoms. The van der Waals surface area contributed by atoms with Crippen molar-refractivity contribution >= 4 is 23.0 Å². The molecule has 0 aliphatic rings. The van der Waals surface area contributed by atoms with Gasteiger partial charge in [-0.1, -0.05) is 36.8 Å². The van der Waals surface area contributed by atoms with Crippen molar-refractivity contribution in [3.8, 4) is 5.19 Å². The number of aryl methyl sites for hydroxylation is 1. The quantitative estimate of drug-likeness (QED) is 0.630. The lowest BCUT2D eigenvalue weighted by atomic mass is 10.1. The van der Waals surface area contributed by atoms with Crippen molar-refractivity contribution in [2.24, 2.45) is 5.73 Å². The Morgan fingerprint density at radius 1 is 1.33 bits per heavy atom. The van der Waals surface area contributed by atoms with Crippen LogP contribution in [0.2, 0.25) is 0 Å². The van der Waals surface area contributed by atoms with E-state index in [1.165, 1.54) is 11.3 Å². The summed E-state index contributed by atoms with van der Waals surface area (Å²) in [5.41, 5.74) is 13.8. The van der Waals surface area contributed by atoms with Crippen LogP contribution in [0.1, 0.15) is 29.5 Å². The molecule has 1 aromatic heterocycles. The SMILES string of the molecule is CCCc1nc(OC(=O)CN)sc1Cc1ccc(N)cc1. The Hall–Kier alpha value is -1.92. The van der Waals surface area contributed by atoms with Gasteiger partial charge in [0.15, 0.2) is 0 Å². The lowest BCUT2D eigenvalue weighted by molar-refractivity contribution is -0.132. The molecule has 0 spiro atoms. The Labute approximate surface area is 127 Å². The van der Waals surface area contributed by atoms with Crippen molar-refractivity contribution in [1.29, 1.82) is 0 Å². The molecule has 0 aliphatic heterocycles. The maximum Gasteiger partial charge on any atom is 0.327 e. The van der Waals surface area contributed by atoms with Crippen molar-refractivity contribution in [3.63, 3.8) is 0 Å². The van der Waals surface area contributed by atoms with E-state index in [2.05, 4.69) is 11.9 Å². The van der Waals surface area contributed by atoms with Gasteiger partial charge in [-0.2, -0.15) is 0 Å². The van der Waals surface area contributed by atoms with E-state index in [9.17, 15) is 4.79 Å². The average Bonchev–Trinajstić information content (AvgIpc) is 2.83. The van der Waals surface area contributed by atoms with E-state index in [1.54, 1.807) is 0 Å². The van der Waals surface area contributed by atoms with E-state index < -0.39 is 5.97 Å². The predicted octanol–water partition coefficient (Wildman–Crippen LogP) is 2.13. The number of carbonyl (C=O) groups is 1. The van der Waals surface area contributed by atoms with Gasteiger partial charge in [-0.3, -0.25) is 4.79 Å². The van der Waals surface area contributed by atoms with Gasteiger partial charge in [0, 0.05) is 17.0 Å². The van der Waals surface area contributed by atoms with Crippen molar-refractivity contribution in [1.82, 2.24) is 4.98 Å². The second-order valence-corrected chi connectivity index (χ2v) is 5.74. The smallest absolute Gasteiger partial charge is 0.327 e. The van der Waals surface area contributed by atoms with Gasteiger partial charge in [0.25, 0.3) is 5.19 Å². The molecule has 1 aromatic carbocycles. The Morgan fingerprint density at radius 3 is 2.67 bits per heavy atom. The van der Waals surface area contributed by atoms with E-state index >= 15 is 0 Å². The van der Waals surface area contributed by atoms with Gasteiger partial charge < -0.3 is 16.2 Å². The van der Waals surface area contributed by atoms with Crippen molar-refractivity contribution < 1.29 is 9.53 Å². The molecule has 21 heavy (non-hydrogen) atoms. The number of ether oxygens (including phenoxy) is 1. The molecule has 0 saturated heterocycles. The third-order valence-corrected chi connectivity index (χ3v) is 3.93. The number of benzene rings is 1. The number of anilines is 1. The Bertz CT molecular complexity index is 608. The molecule has 0 atom stereocenters. The fourth-order valence-electron chi connectivity index (χ4n) is 1.93. The first kappa shape index (κ1) is 15.5. The Kier molecular flexibility index (Phi) is 5.30. The minimum atomic E-state index is -0.467. The van der Waals surface area contributed by atoms with E-state index in [0.29, 0.717) is 5.19 Å². The molecule has 0 amide bonds. The first-order valence-corrected chi connectivity index (χ1v) is 7.67. The minimum Gasteiger partial charge on any atom is -0.399 e. The zero-order chi connectivity index (χ0) is 15.2. The number of carbonyl (C=O) groups excluding carboxylic acids is 1. The number of hydrogen-bond acceptors (Lipinski definition) is 6. The monoisotopic (exact) mass is 305 g/mol. The van der Waals surface area contributed by atoms with Crippen LogP contribution in [0.4, 0.5) is 5.69 Å². The van der Waals surface area contributed by atoms with E-state index in [-0.39, 0.29) is 6.54 Å². The van der Waals surface area contributed by atoms with Gasteiger partial charge in [-0.25, -0.2) is 4.98 Å². The fourth-order valence-corrected chi connectivity index (χ4v) is 2.94. The number of rotatable bonds is 6. The maximum atomic E-state index is 11.3. The number of esters is 1.